The average Bonchev–Trinajstić information content (AvgIpc) is 3.22. The van der Waals surface area contributed by atoms with Crippen molar-refractivity contribution in [3.63, 3.8) is 0 Å². The fourth-order valence-electron chi connectivity index (χ4n) is 2.88. The predicted molar refractivity (Wildman–Crippen MR) is 105 cm³/mol. The lowest BCUT2D eigenvalue weighted by Gasteiger charge is -2.10. The zero-order valence-electron chi connectivity index (χ0n) is 15.3. The minimum atomic E-state index is -0.138. The van der Waals surface area contributed by atoms with Crippen LogP contribution < -0.4 is 10.6 Å². The molecule has 0 saturated heterocycles. The van der Waals surface area contributed by atoms with Crippen LogP contribution in [0, 0.1) is 0 Å². The third-order valence-corrected chi connectivity index (χ3v) is 4.22. The normalized spacial score (nSPS) is 11.0. The summed E-state index contributed by atoms with van der Waals surface area (Å²) in [4.78, 5) is 17.0. The van der Waals surface area contributed by atoms with Crippen molar-refractivity contribution in [3.05, 3.63) is 54.1 Å². The monoisotopic (exact) mass is 377 g/mol. The summed E-state index contributed by atoms with van der Waals surface area (Å²) in [7, 11) is 1.64. The minimum absolute atomic E-state index is 0.138. The molecule has 9 nitrogen and oxygen atoms in total. The molecule has 0 unspecified atom stereocenters. The molecule has 2 aromatic carbocycles. The van der Waals surface area contributed by atoms with Gasteiger partial charge in [-0.3, -0.25) is 4.79 Å². The van der Waals surface area contributed by atoms with E-state index >= 15 is 0 Å². The Morgan fingerprint density at radius 3 is 2.96 bits per heavy atom. The van der Waals surface area contributed by atoms with E-state index in [1.54, 1.807) is 23.8 Å². The molecule has 0 aliphatic carbocycles. The predicted octanol–water partition coefficient (Wildman–Crippen LogP) is 2.18. The number of anilines is 2. The van der Waals surface area contributed by atoms with E-state index in [9.17, 15) is 4.79 Å². The van der Waals surface area contributed by atoms with Crippen molar-refractivity contribution >= 4 is 34.1 Å². The van der Waals surface area contributed by atoms with Crippen LogP contribution in [0.2, 0.25) is 0 Å². The maximum absolute atomic E-state index is 12.3. The third-order valence-electron chi connectivity index (χ3n) is 4.22. The quantitative estimate of drug-likeness (QED) is 0.475. The van der Waals surface area contributed by atoms with Gasteiger partial charge in [0.25, 0.3) is 5.91 Å². The second-order valence-electron chi connectivity index (χ2n) is 6.17. The number of methoxy groups -OCH3 is 1. The smallest absolute Gasteiger partial charge is 0.251 e. The number of nitrogens with one attached hydrogen (secondary N) is 2. The largest absolute Gasteiger partial charge is 0.385 e. The van der Waals surface area contributed by atoms with Crippen molar-refractivity contribution in [2.45, 2.75) is 6.42 Å². The number of ether oxygens (including phenoxy) is 1. The second kappa shape index (κ2) is 7.97. The van der Waals surface area contributed by atoms with E-state index in [2.05, 4.69) is 31.1 Å². The number of fused-ring (bicyclic) bond motifs is 3. The van der Waals surface area contributed by atoms with Crippen molar-refractivity contribution in [1.82, 2.24) is 30.3 Å². The van der Waals surface area contributed by atoms with Gasteiger partial charge in [0.2, 0.25) is 5.65 Å². The van der Waals surface area contributed by atoms with Crippen molar-refractivity contribution in [2.75, 3.05) is 25.6 Å². The SMILES string of the molecule is COCCCNC(=O)c1cccc(Nc2nc3ccccc3n3nnnc23)c1. The average molecular weight is 377 g/mol. The molecule has 0 atom stereocenters. The Hall–Kier alpha value is -3.59. The van der Waals surface area contributed by atoms with Crippen LogP contribution in [0.25, 0.3) is 16.7 Å². The Bertz CT molecular complexity index is 1130. The maximum Gasteiger partial charge on any atom is 0.251 e. The molecule has 4 rings (SSSR count). The molecular weight excluding hydrogens is 358 g/mol. The molecule has 142 valence electrons. The van der Waals surface area contributed by atoms with Gasteiger partial charge in [-0.15, -0.1) is 5.10 Å². The fourth-order valence-corrected chi connectivity index (χ4v) is 2.88. The Balaban J connectivity index is 1.59. The van der Waals surface area contributed by atoms with Crippen LogP contribution in [-0.2, 0) is 4.74 Å². The first kappa shape index (κ1) is 17.8. The van der Waals surface area contributed by atoms with Gasteiger partial charge in [0.15, 0.2) is 5.82 Å². The number of hydrogen-bond acceptors (Lipinski definition) is 7. The number of carbonyl (C=O) groups excluding carboxylic acids is 1. The lowest BCUT2D eigenvalue weighted by atomic mass is 10.2. The summed E-state index contributed by atoms with van der Waals surface area (Å²) in [6.45, 7) is 1.17. The zero-order valence-corrected chi connectivity index (χ0v) is 15.3. The number of para-hydroxylation sites is 2. The van der Waals surface area contributed by atoms with Crippen LogP contribution in [0.1, 0.15) is 16.8 Å². The van der Waals surface area contributed by atoms with Gasteiger partial charge < -0.3 is 15.4 Å². The molecular formula is C19H19N7O2. The van der Waals surface area contributed by atoms with E-state index in [4.69, 9.17) is 4.74 Å². The number of carbonyl (C=O) groups is 1. The second-order valence-corrected chi connectivity index (χ2v) is 6.17. The van der Waals surface area contributed by atoms with Crippen molar-refractivity contribution in [1.29, 1.82) is 0 Å². The van der Waals surface area contributed by atoms with Gasteiger partial charge in [0.1, 0.15) is 0 Å². The van der Waals surface area contributed by atoms with Crippen molar-refractivity contribution < 1.29 is 9.53 Å². The highest BCUT2D eigenvalue weighted by molar-refractivity contribution is 5.95. The van der Waals surface area contributed by atoms with Gasteiger partial charge in [-0.25, -0.2) is 4.98 Å². The number of nitrogens with zero attached hydrogens (tertiary/aromatic N) is 5. The molecule has 9 heteroatoms. The highest BCUT2D eigenvalue weighted by Crippen LogP contribution is 2.23. The molecule has 2 heterocycles. The van der Waals surface area contributed by atoms with E-state index in [0.29, 0.717) is 30.2 Å². The van der Waals surface area contributed by atoms with Crippen molar-refractivity contribution in [3.8, 4) is 0 Å². The standard InChI is InChI=1S/C19H19N7O2/c1-28-11-5-10-20-19(27)13-6-4-7-14(12-13)21-17-18-23-24-25-26(18)16-9-3-2-8-15(16)22-17/h2-4,6-9,12H,5,10-11H2,1H3,(H,20,27)(H,21,22). The van der Waals surface area contributed by atoms with E-state index in [1.807, 2.05) is 36.4 Å². The van der Waals surface area contributed by atoms with Crippen LogP contribution in [0.5, 0.6) is 0 Å². The Morgan fingerprint density at radius 2 is 2.07 bits per heavy atom. The van der Waals surface area contributed by atoms with Gasteiger partial charge in [0, 0.05) is 31.5 Å². The third kappa shape index (κ3) is 3.60. The number of hydrogen-bond donors (Lipinski definition) is 2. The van der Waals surface area contributed by atoms with Crippen LogP contribution >= 0.6 is 0 Å². The number of tetrazole rings is 1. The molecule has 0 aliphatic rings. The first-order valence-corrected chi connectivity index (χ1v) is 8.87. The van der Waals surface area contributed by atoms with Gasteiger partial charge >= 0.3 is 0 Å². The molecule has 1 amide bonds. The number of aromatic nitrogens is 5. The van der Waals surface area contributed by atoms with E-state index in [0.717, 1.165) is 23.1 Å². The topological polar surface area (TPSA) is 106 Å². The molecule has 28 heavy (non-hydrogen) atoms. The summed E-state index contributed by atoms with van der Waals surface area (Å²) in [5.74, 6) is 0.377. The van der Waals surface area contributed by atoms with Gasteiger partial charge in [0.05, 0.1) is 11.0 Å². The van der Waals surface area contributed by atoms with Gasteiger partial charge in [-0.1, -0.05) is 18.2 Å². The minimum Gasteiger partial charge on any atom is -0.385 e. The molecule has 0 fully saturated rings. The molecule has 0 saturated carbocycles. The Morgan fingerprint density at radius 1 is 1.18 bits per heavy atom. The molecule has 0 spiro atoms. The highest BCUT2D eigenvalue weighted by atomic mass is 16.5. The number of rotatable bonds is 7. The van der Waals surface area contributed by atoms with Crippen LogP contribution in [0.3, 0.4) is 0 Å². The fraction of sp³-hybridized carbons (Fsp3) is 0.211. The van der Waals surface area contributed by atoms with Crippen LogP contribution in [-0.4, -0.2) is 51.2 Å². The number of benzene rings is 2. The molecule has 0 bridgehead atoms. The zero-order chi connectivity index (χ0) is 19.3. The van der Waals surface area contributed by atoms with E-state index < -0.39 is 0 Å². The summed E-state index contributed by atoms with van der Waals surface area (Å²) in [6, 6.07) is 14.8. The lowest BCUT2D eigenvalue weighted by molar-refractivity contribution is 0.0948. The maximum atomic E-state index is 12.3. The molecule has 2 N–H and O–H groups in total. The molecule has 2 aromatic heterocycles. The highest BCUT2D eigenvalue weighted by Gasteiger charge is 2.12. The summed E-state index contributed by atoms with van der Waals surface area (Å²) >= 11 is 0. The Labute approximate surface area is 160 Å². The Kier molecular flexibility index (Phi) is 5.07. The van der Waals surface area contributed by atoms with E-state index in [1.165, 1.54) is 0 Å². The van der Waals surface area contributed by atoms with Gasteiger partial charge in [-0.2, -0.15) is 4.52 Å². The summed E-state index contributed by atoms with van der Waals surface area (Å²) in [6.07, 6.45) is 0.763. The van der Waals surface area contributed by atoms with Crippen LogP contribution in [0.4, 0.5) is 11.5 Å². The first-order chi connectivity index (χ1) is 13.8. The number of amides is 1. The molecule has 0 aliphatic heterocycles. The first-order valence-electron chi connectivity index (χ1n) is 8.87. The van der Waals surface area contributed by atoms with E-state index in [-0.39, 0.29) is 5.91 Å². The lowest BCUT2D eigenvalue weighted by Crippen LogP contribution is -2.25. The molecule has 4 aromatic rings. The summed E-state index contributed by atoms with van der Waals surface area (Å²) in [5.41, 5.74) is 3.36. The van der Waals surface area contributed by atoms with Crippen LogP contribution in [0.15, 0.2) is 48.5 Å². The van der Waals surface area contributed by atoms with Crippen molar-refractivity contribution in [2.24, 2.45) is 0 Å². The summed E-state index contributed by atoms with van der Waals surface area (Å²) < 4.78 is 6.62. The summed E-state index contributed by atoms with van der Waals surface area (Å²) in [5, 5.41) is 18.0. The molecule has 0 radical (unpaired) electrons. The van der Waals surface area contributed by atoms with Gasteiger partial charge in [-0.05, 0) is 47.2 Å².